The standard InChI is InChI=1S/C27H22N2O4/c30-27(26-18-32-24-14-21-10-4-5-11-22(21)15-25(24)33-26)29-28-16-20-9-6-12-23(13-20)31-17-19-7-2-1-3-8-19/h1-16,26H,17-18H2,(H,29,30)/b28-16+/t26-/m0/s1. The first-order valence-electron chi connectivity index (χ1n) is 10.7. The van der Waals surface area contributed by atoms with Crippen LogP contribution in [0.1, 0.15) is 11.1 Å². The van der Waals surface area contributed by atoms with Gasteiger partial charge >= 0.3 is 0 Å². The Balaban J connectivity index is 1.18. The number of benzene rings is 4. The Morgan fingerprint density at radius 3 is 2.52 bits per heavy atom. The molecule has 1 heterocycles. The van der Waals surface area contributed by atoms with Crippen LogP contribution in [-0.2, 0) is 11.4 Å². The molecule has 0 unspecified atom stereocenters. The van der Waals surface area contributed by atoms with Crippen LogP contribution >= 0.6 is 0 Å². The van der Waals surface area contributed by atoms with Crippen LogP contribution in [0.4, 0.5) is 0 Å². The highest BCUT2D eigenvalue weighted by molar-refractivity contribution is 5.88. The van der Waals surface area contributed by atoms with Gasteiger partial charge in [-0.05, 0) is 46.2 Å². The van der Waals surface area contributed by atoms with Crippen molar-refractivity contribution in [2.24, 2.45) is 5.10 Å². The van der Waals surface area contributed by atoms with Crippen molar-refractivity contribution >= 4 is 22.9 Å². The van der Waals surface area contributed by atoms with Gasteiger partial charge in [0.15, 0.2) is 11.5 Å². The second-order valence-corrected chi connectivity index (χ2v) is 7.64. The van der Waals surface area contributed by atoms with Crippen LogP contribution in [-0.4, -0.2) is 24.8 Å². The monoisotopic (exact) mass is 438 g/mol. The molecule has 0 fully saturated rings. The van der Waals surface area contributed by atoms with Crippen LogP contribution in [0.15, 0.2) is 96.1 Å². The van der Waals surface area contributed by atoms with Crippen molar-refractivity contribution in [3.63, 3.8) is 0 Å². The third kappa shape index (κ3) is 4.96. The van der Waals surface area contributed by atoms with Gasteiger partial charge < -0.3 is 14.2 Å². The first-order chi connectivity index (χ1) is 16.2. The van der Waals surface area contributed by atoms with Gasteiger partial charge in [0, 0.05) is 0 Å². The van der Waals surface area contributed by atoms with Gasteiger partial charge in [-0.2, -0.15) is 5.10 Å². The maximum absolute atomic E-state index is 12.5. The summed E-state index contributed by atoms with van der Waals surface area (Å²) < 4.78 is 17.5. The maximum Gasteiger partial charge on any atom is 0.284 e. The fourth-order valence-corrected chi connectivity index (χ4v) is 3.55. The molecule has 0 radical (unpaired) electrons. The van der Waals surface area contributed by atoms with Gasteiger partial charge in [0.25, 0.3) is 5.91 Å². The van der Waals surface area contributed by atoms with Crippen LogP contribution in [0.2, 0.25) is 0 Å². The van der Waals surface area contributed by atoms with Crippen molar-refractivity contribution in [3.8, 4) is 17.2 Å². The molecule has 1 aliphatic heterocycles. The minimum Gasteiger partial charge on any atom is -0.489 e. The molecule has 33 heavy (non-hydrogen) atoms. The molecule has 0 bridgehead atoms. The van der Waals surface area contributed by atoms with E-state index in [9.17, 15) is 4.79 Å². The summed E-state index contributed by atoms with van der Waals surface area (Å²) >= 11 is 0. The van der Waals surface area contributed by atoms with Crippen LogP contribution < -0.4 is 19.6 Å². The zero-order valence-corrected chi connectivity index (χ0v) is 17.8. The van der Waals surface area contributed by atoms with Crippen LogP contribution in [0.5, 0.6) is 17.2 Å². The zero-order chi connectivity index (χ0) is 22.5. The van der Waals surface area contributed by atoms with Crippen molar-refractivity contribution in [1.29, 1.82) is 0 Å². The molecule has 0 saturated carbocycles. The molecule has 6 nitrogen and oxygen atoms in total. The number of carbonyl (C=O) groups excluding carboxylic acids is 1. The summed E-state index contributed by atoms with van der Waals surface area (Å²) in [5.74, 6) is 1.53. The number of nitrogens with zero attached hydrogens (tertiary/aromatic N) is 1. The van der Waals surface area contributed by atoms with Crippen LogP contribution in [0.25, 0.3) is 10.8 Å². The largest absolute Gasteiger partial charge is 0.489 e. The van der Waals surface area contributed by atoms with Gasteiger partial charge in [-0.25, -0.2) is 5.43 Å². The lowest BCUT2D eigenvalue weighted by atomic mass is 10.1. The Morgan fingerprint density at radius 2 is 1.70 bits per heavy atom. The molecule has 1 N–H and O–H groups in total. The first kappa shape index (κ1) is 20.6. The summed E-state index contributed by atoms with van der Waals surface area (Å²) in [5, 5.41) is 6.15. The molecule has 0 saturated heterocycles. The quantitative estimate of drug-likeness (QED) is 0.350. The molecule has 6 heteroatoms. The zero-order valence-electron chi connectivity index (χ0n) is 17.8. The summed E-state index contributed by atoms with van der Waals surface area (Å²) in [7, 11) is 0. The van der Waals surface area contributed by atoms with E-state index in [-0.39, 0.29) is 12.5 Å². The first-order valence-corrected chi connectivity index (χ1v) is 10.7. The summed E-state index contributed by atoms with van der Waals surface area (Å²) in [6, 6.07) is 29.2. The van der Waals surface area contributed by atoms with E-state index in [2.05, 4.69) is 10.5 Å². The number of ether oxygens (including phenoxy) is 3. The van der Waals surface area contributed by atoms with E-state index >= 15 is 0 Å². The normalized spacial score (nSPS) is 14.8. The second-order valence-electron chi connectivity index (χ2n) is 7.64. The fraction of sp³-hybridized carbons (Fsp3) is 0.111. The number of hydrogen-bond acceptors (Lipinski definition) is 5. The number of hydrazone groups is 1. The molecule has 0 aliphatic carbocycles. The van der Waals surface area contributed by atoms with Gasteiger partial charge in [-0.1, -0.05) is 66.7 Å². The Kier molecular flexibility index (Phi) is 5.89. The number of hydrogen-bond donors (Lipinski definition) is 1. The fourth-order valence-electron chi connectivity index (χ4n) is 3.55. The molecular formula is C27H22N2O4. The van der Waals surface area contributed by atoms with E-state index < -0.39 is 6.10 Å². The number of rotatable bonds is 6. The van der Waals surface area contributed by atoms with Crippen molar-refractivity contribution in [2.75, 3.05) is 6.61 Å². The molecule has 5 rings (SSSR count). The van der Waals surface area contributed by atoms with E-state index in [1.54, 1.807) is 6.21 Å². The summed E-state index contributed by atoms with van der Waals surface area (Å²) in [6.45, 7) is 0.601. The van der Waals surface area contributed by atoms with Gasteiger partial charge in [-0.15, -0.1) is 0 Å². The lowest BCUT2D eigenvalue weighted by Gasteiger charge is -2.25. The van der Waals surface area contributed by atoms with Crippen LogP contribution in [0, 0.1) is 0 Å². The second kappa shape index (κ2) is 9.44. The Hall–Kier alpha value is -4.32. The molecule has 164 valence electrons. The van der Waals surface area contributed by atoms with E-state index in [4.69, 9.17) is 14.2 Å². The number of carbonyl (C=O) groups is 1. The molecule has 4 aromatic carbocycles. The van der Waals surface area contributed by atoms with E-state index in [1.165, 1.54) is 0 Å². The maximum atomic E-state index is 12.5. The Morgan fingerprint density at radius 1 is 0.939 bits per heavy atom. The summed E-state index contributed by atoms with van der Waals surface area (Å²) in [5.41, 5.74) is 4.43. The molecule has 0 aromatic heterocycles. The molecule has 4 aromatic rings. The average Bonchev–Trinajstić information content (AvgIpc) is 2.86. The van der Waals surface area contributed by atoms with Gasteiger partial charge in [-0.3, -0.25) is 4.79 Å². The van der Waals surface area contributed by atoms with Crippen molar-refractivity contribution in [3.05, 3.63) is 102 Å². The summed E-state index contributed by atoms with van der Waals surface area (Å²) in [4.78, 5) is 12.5. The number of fused-ring (bicyclic) bond motifs is 2. The van der Waals surface area contributed by atoms with Gasteiger partial charge in [0.05, 0.1) is 6.21 Å². The summed E-state index contributed by atoms with van der Waals surface area (Å²) in [6.07, 6.45) is 0.787. The van der Waals surface area contributed by atoms with Crippen molar-refractivity contribution < 1.29 is 19.0 Å². The topological polar surface area (TPSA) is 69.2 Å². The molecule has 1 aliphatic rings. The minimum atomic E-state index is -0.781. The Bertz CT molecular complexity index is 1300. The number of nitrogens with one attached hydrogen (secondary N) is 1. The lowest BCUT2D eigenvalue weighted by Crippen LogP contribution is -2.42. The SMILES string of the molecule is O=C(N/N=C/c1cccc(OCc2ccccc2)c1)[C@@H]1COc2cc3ccccc3cc2O1. The highest BCUT2D eigenvalue weighted by Gasteiger charge is 2.27. The highest BCUT2D eigenvalue weighted by Crippen LogP contribution is 2.35. The predicted molar refractivity (Wildman–Crippen MR) is 127 cm³/mol. The molecule has 1 atom stereocenters. The molecule has 1 amide bonds. The van der Waals surface area contributed by atoms with Gasteiger partial charge in [0.1, 0.15) is 19.0 Å². The van der Waals surface area contributed by atoms with E-state index in [0.717, 1.165) is 27.6 Å². The number of amides is 1. The van der Waals surface area contributed by atoms with Crippen molar-refractivity contribution in [2.45, 2.75) is 12.7 Å². The third-order valence-corrected chi connectivity index (χ3v) is 5.26. The Labute approximate surface area is 191 Å². The third-order valence-electron chi connectivity index (χ3n) is 5.26. The van der Waals surface area contributed by atoms with E-state index in [0.29, 0.717) is 18.1 Å². The smallest absolute Gasteiger partial charge is 0.284 e. The van der Waals surface area contributed by atoms with Gasteiger partial charge in [0.2, 0.25) is 6.10 Å². The highest BCUT2D eigenvalue weighted by atomic mass is 16.6. The van der Waals surface area contributed by atoms with Crippen LogP contribution in [0.3, 0.4) is 0 Å². The minimum absolute atomic E-state index is 0.121. The van der Waals surface area contributed by atoms with Crippen molar-refractivity contribution in [1.82, 2.24) is 5.43 Å². The molecule has 0 spiro atoms. The average molecular weight is 438 g/mol. The lowest BCUT2D eigenvalue weighted by molar-refractivity contribution is -0.130. The predicted octanol–water partition coefficient (Wildman–Crippen LogP) is 4.71. The van der Waals surface area contributed by atoms with E-state index in [1.807, 2.05) is 91.0 Å². The molecular weight excluding hydrogens is 416 g/mol.